The standard InChI is InChI=1S/C14H21N3O/c1-10-8-16(3)12-6-4-5-7-13(12)17(9-10)14(18)11(2)15/h4-7,10-11H,8-9,15H2,1-3H3/t10-,11-/m0/s1. The molecule has 0 fully saturated rings. The average molecular weight is 247 g/mol. The molecule has 0 spiro atoms. The molecular weight excluding hydrogens is 226 g/mol. The summed E-state index contributed by atoms with van der Waals surface area (Å²) in [6, 6.07) is 7.54. The van der Waals surface area contributed by atoms with Crippen LogP contribution in [0.5, 0.6) is 0 Å². The van der Waals surface area contributed by atoms with E-state index in [1.807, 2.05) is 23.1 Å². The minimum atomic E-state index is -0.464. The second-order valence-corrected chi connectivity index (χ2v) is 5.21. The number of para-hydroxylation sites is 2. The van der Waals surface area contributed by atoms with E-state index in [-0.39, 0.29) is 5.91 Å². The molecule has 4 nitrogen and oxygen atoms in total. The van der Waals surface area contributed by atoms with Crippen molar-refractivity contribution in [1.29, 1.82) is 0 Å². The van der Waals surface area contributed by atoms with Crippen molar-refractivity contribution in [3.63, 3.8) is 0 Å². The zero-order chi connectivity index (χ0) is 13.3. The minimum absolute atomic E-state index is 0.00963. The largest absolute Gasteiger partial charge is 0.373 e. The number of rotatable bonds is 1. The van der Waals surface area contributed by atoms with Gasteiger partial charge in [-0.15, -0.1) is 0 Å². The molecule has 4 heteroatoms. The van der Waals surface area contributed by atoms with Crippen LogP contribution in [0.1, 0.15) is 13.8 Å². The van der Waals surface area contributed by atoms with Gasteiger partial charge in [0.25, 0.3) is 0 Å². The van der Waals surface area contributed by atoms with Crippen molar-refractivity contribution in [2.45, 2.75) is 19.9 Å². The fraction of sp³-hybridized carbons (Fsp3) is 0.500. The molecule has 2 N–H and O–H groups in total. The maximum Gasteiger partial charge on any atom is 0.243 e. The Morgan fingerprint density at radius 2 is 1.94 bits per heavy atom. The van der Waals surface area contributed by atoms with Crippen molar-refractivity contribution in [3.8, 4) is 0 Å². The number of hydrogen-bond acceptors (Lipinski definition) is 3. The number of carbonyl (C=O) groups is 1. The quantitative estimate of drug-likeness (QED) is 0.817. The lowest BCUT2D eigenvalue weighted by atomic mass is 10.1. The van der Waals surface area contributed by atoms with Gasteiger partial charge in [-0.3, -0.25) is 4.79 Å². The molecule has 0 unspecified atom stereocenters. The number of anilines is 2. The van der Waals surface area contributed by atoms with Gasteiger partial charge in [-0.05, 0) is 25.0 Å². The second-order valence-electron chi connectivity index (χ2n) is 5.21. The van der Waals surface area contributed by atoms with E-state index in [2.05, 4.69) is 24.9 Å². The van der Waals surface area contributed by atoms with Crippen molar-refractivity contribution >= 4 is 17.3 Å². The van der Waals surface area contributed by atoms with Gasteiger partial charge in [0.05, 0.1) is 17.4 Å². The summed E-state index contributed by atoms with van der Waals surface area (Å²) in [5, 5.41) is 0. The first kappa shape index (κ1) is 12.9. The summed E-state index contributed by atoms with van der Waals surface area (Å²) in [5.74, 6) is 0.412. The molecule has 98 valence electrons. The molecule has 1 aromatic rings. The molecule has 1 aliphatic heterocycles. The van der Waals surface area contributed by atoms with E-state index in [1.54, 1.807) is 6.92 Å². The second kappa shape index (κ2) is 4.98. The molecule has 1 amide bonds. The highest BCUT2D eigenvalue weighted by Gasteiger charge is 2.27. The molecule has 0 saturated heterocycles. The van der Waals surface area contributed by atoms with E-state index in [0.29, 0.717) is 5.92 Å². The Balaban J connectivity index is 2.45. The number of nitrogens with zero attached hydrogens (tertiary/aromatic N) is 2. The topological polar surface area (TPSA) is 49.6 Å². The van der Waals surface area contributed by atoms with Gasteiger partial charge in [0.2, 0.25) is 5.91 Å². The summed E-state index contributed by atoms with van der Waals surface area (Å²) in [4.78, 5) is 16.3. The van der Waals surface area contributed by atoms with Crippen molar-refractivity contribution in [1.82, 2.24) is 0 Å². The first-order valence-electron chi connectivity index (χ1n) is 6.38. The molecule has 18 heavy (non-hydrogen) atoms. The van der Waals surface area contributed by atoms with Crippen LogP contribution in [0.4, 0.5) is 11.4 Å². The Labute approximate surface area is 108 Å². The third-order valence-electron chi connectivity index (χ3n) is 3.32. The third-order valence-corrected chi connectivity index (χ3v) is 3.32. The summed E-state index contributed by atoms with van der Waals surface area (Å²) >= 11 is 0. The van der Waals surface area contributed by atoms with Gasteiger partial charge in [0.1, 0.15) is 0 Å². The van der Waals surface area contributed by atoms with Crippen LogP contribution in [0, 0.1) is 5.92 Å². The van der Waals surface area contributed by atoms with Crippen molar-refractivity contribution < 1.29 is 4.79 Å². The normalized spacial score (nSPS) is 21.2. The van der Waals surface area contributed by atoms with Crippen molar-refractivity contribution in [2.75, 3.05) is 29.9 Å². The van der Waals surface area contributed by atoms with Crippen LogP contribution < -0.4 is 15.5 Å². The van der Waals surface area contributed by atoms with E-state index >= 15 is 0 Å². The molecule has 1 heterocycles. The lowest BCUT2D eigenvalue weighted by Gasteiger charge is -2.26. The Morgan fingerprint density at radius 1 is 1.33 bits per heavy atom. The van der Waals surface area contributed by atoms with Crippen LogP contribution in [0.3, 0.4) is 0 Å². The van der Waals surface area contributed by atoms with Crippen LogP contribution in [0.2, 0.25) is 0 Å². The minimum Gasteiger partial charge on any atom is -0.373 e. The smallest absolute Gasteiger partial charge is 0.243 e. The highest BCUT2D eigenvalue weighted by molar-refractivity contribution is 6.00. The van der Waals surface area contributed by atoms with Gasteiger partial charge in [-0.1, -0.05) is 19.1 Å². The molecule has 0 aromatic heterocycles. The van der Waals surface area contributed by atoms with Crippen LogP contribution in [0.25, 0.3) is 0 Å². The zero-order valence-corrected chi connectivity index (χ0v) is 11.3. The van der Waals surface area contributed by atoms with Crippen LogP contribution in [-0.2, 0) is 4.79 Å². The summed E-state index contributed by atoms with van der Waals surface area (Å²) in [6.07, 6.45) is 0. The SMILES string of the molecule is C[C@H]1CN(C)c2ccccc2N(C(=O)[C@H](C)N)C1. The molecule has 0 saturated carbocycles. The summed E-state index contributed by atoms with van der Waals surface area (Å²) in [5.41, 5.74) is 7.81. The van der Waals surface area contributed by atoms with Gasteiger partial charge < -0.3 is 15.5 Å². The van der Waals surface area contributed by atoms with E-state index in [4.69, 9.17) is 5.73 Å². The van der Waals surface area contributed by atoms with Gasteiger partial charge in [-0.2, -0.15) is 0 Å². The molecule has 0 bridgehead atoms. The summed E-state index contributed by atoms with van der Waals surface area (Å²) in [7, 11) is 2.06. The first-order chi connectivity index (χ1) is 8.50. The van der Waals surface area contributed by atoms with E-state index in [0.717, 1.165) is 24.5 Å². The maximum absolute atomic E-state index is 12.2. The highest BCUT2D eigenvalue weighted by Crippen LogP contribution is 2.32. The molecule has 1 aromatic carbocycles. The lowest BCUT2D eigenvalue weighted by molar-refractivity contribution is -0.119. The highest BCUT2D eigenvalue weighted by atomic mass is 16.2. The van der Waals surface area contributed by atoms with Crippen LogP contribution >= 0.6 is 0 Å². The monoisotopic (exact) mass is 247 g/mol. The number of carbonyl (C=O) groups excluding carboxylic acids is 1. The van der Waals surface area contributed by atoms with Gasteiger partial charge in [0, 0.05) is 20.1 Å². The van der Waals surface area contributed by atoms with Gasteiger partial charge >= 0.3 is 0 Å². The molecule has 1 aliphatic rings. The van der Waals surface area contributed by atoms with E-state index in [1.165, 1.54) is 0 Å². The van der Waals surface area contributed by atoms with Gasteiger partial charge in [-0.25, -0.2) is 0 Å². The predicted octanol–water partition coefficient (Wildman–Crippen LogP) is 1.45. The van der Waals surface area contributed by atoms with E-state index in [9.17, 15) is 4.79 Å². The summed E-state index contributed by atoms with van der Waals surface area (Å²) < 4.78 is 0. The molecule has 0 aliphatic carbocycles. The van der Waals surface area contributed by atoms with Crippen LogP contribution in [0.15, 0.2) is 24.3 Å². The Kier molecular flexibility index (Phi) is 3.57. The van der Waals surface area contributed by atoms with Crippen molar-refractivity contribution in [3.05, 3.63) is 24.3 Å². The zero-order valence-electron chi connectivity index (χ0n) is 11.3. The Bertz CT molecular complexity index is 444. The molecule has 0 radical (unpaired) electrons. The molecular formula is C14H21N3O. The summed E-state index contributed by atoms with van der Waals surface area (Å²) in [6.45, 7) is 5.57. The van der Waals surface area contributed by atoms with Crippen LogP contribution in [-0.4, -0.2) is 32.1 Å². The number of amides is 1. The van der Waals surface area contributed by atoms with Crippen molar-refractivity contribution in [2.24, 2.45) is 11.7 Å². The Hall–Kier alpha value is -1.55. The number of hydrogen-bond donors (Lipinski definition) is 1. The number of nitrogens with two attached hydrogens (primary N) is 1. The molecule has 2 rings (SSSR count). The Morgan fingerprint density at radius 3 is 2.56 bits per heavy atom. The fourth-order valence-electron chi connectivity index (χ4n) is 2.50. The predicted molar refractivity (Wildman–Crippen MR) is 74.9 cm³/mol. The third kappa shape index (κ3) is 2.34. The lowest BCUT2D eigenvalue weighted by Crippen LogP contribution is -2.44. The maximum atomic E-state index is 12.2. The first-order valence-corrected chi connectivity index (χ1v) is 6.38. The number of benzene rings is 1. The number of fused-ring (bicyclic) bond motifs is 1. The van der Waals surface area contributed by atoms with E-state index < -0.39 is 6.04 Å². The fourth-order valence-corrected chi connectivity index (χ4v) is 2.50. The average Bonchev–Trinajstić information content (AvgIpc) is 2.46. The molecule has 2 atom stereocenters. The van der Waals surface area contributed by atoms with Gasteiger partial charge in [0.15, 0.2) is 0 Å².